The zero-order chi connectivity index (χ0) is 15.8. The lowest BCUT2D eigenvalue weighted by atomic mass is 9.85. The van der Waals surface area contributed by atoms with Gasteiger partial charge in [0.15, 0.2) is 0 Å². The van der Waals surface area contributed by atoms with Crippen LogP contribution in [0.4, 0.5) is 6.01 Å². The van der Waals surface area contributed by atoms with Crippen molar-refractivity contribution in [2.75, 3.05) is 25.0 Å². The average Bonchev–Trinajstić information content (AvgIpc) is 3.17. The van der Waals surface area contributed by atoms with Gasteiger partial charge >= 0.3 is 6.01 Å². The molecule has 3 aliphatic rings. The van der Waals surface area contributed by atoms with Crippen LogP contribution in [0.15, 0.2) is 4.42 Å². The normalized spacial score (nSPS) is 26.0. The van der Waals surface area contributed by atoms with Crippen LogP contribution in [0.3, 0.4) is 0 Å². The molecule has 6 nitrogen and oxygen atoms in total. The predicted molar refractivity (Wildman–Crippen MR) is 86.2 cm³/mol. The van der Waals surface area contributed by atoms with E-state index in [4.69, 9.17) is 4.42 Å². The first-order chi connectivity index (χ1) is 11.2. The highest BCUT2D eigenvalue weighted by molar-refractivity contribution is 5.79. The van der Waals surface area contributed by atoms with Crippen LogP contribution in [0.5, 0.6) is 0 Å². The Morgan fingerprint density at radius 1 is 1.17 bits per heavy atom. The first kappa shape index (κ1) is 15.0. The number of rotatable bonds is 5. The van der Waals surface area contributed by atoms with Crippen molar-refractivity contribution in [1.82, 2.24) is 15.1 Å². The van der Waals surface area contributed by atoms with E-state index in [1.165, 1.54) is 44.9 Å². The predicted octanol–water partition coefficient (Wildman–Crippen LogP) is 2.56. The number of carbonyl (C=O) groups is 1. The lowest BCUT2D eigenvalue weighted by molar-refractivity contribution is -0.129. The van der Waals surface area contributed by atoms with E-state index >= 15 is 0 Å². The molecule has 1 amide bonds. The van der Waals surface area contributed by atoms with Crippen LogP contribution < -0.4 is 4.90 Å². The fraction of sp³-hybridized carbons (Fsp3) is 0.824. The summed E-state index contributed by atoms with van der Waals surface area (Å²) >= 11 is 0. The minimum absolute atomic E-state index is 0.330. The minimum atomic E-state index is 0.330. The van der Waals surface area contributed by atoms with Gasteiger partial charge in [-0.25, -0.2) is 0 Å². The van der Waals surface area contributed by atoms with Crippen LogP contribution in [-0.2, 0) is 4.79 Å². The molecule has 2 heterocycles. The van der Waals surface area contributed by atoms with Gasteiger partial charge in [-0.2, -0.15) is 0 Å². The van der Waals surface area contributed by atoms with Gasteiger partial charge in [-0.3, -0.25) is 4.79 Å². The van der Waals surface area contributed by atoms with Gasteiger partial charge in [-0.15, -0.1) is 5.10 Å². The molecule has 1 saturated heterocycles. The van der Waals surface area contributed by atoms with Gasteiger partial charge in [0.1, 0.15) is 0 Å². The van der Waals surface area contributed by atoms with E-state index in [1.807, 2.05) is 11.9 Å². The lowest BCUT2D eigenvalue weighted by Crippen LogP contribution is -2.35. The molecule has 2 aliphatic carbocycles. The molecule has 6 heteroatoms. The van der Waals surface area contributed by atoms with Crippen molar-refractivity contribution in [3.8, 4) is 0 Å². The molecule has 3 fully saturated rings. The Morgan fingerprint density at radius 2 is 1.96 bits per heavy atom. The van der Waals surface area contributed by atoms with Crippen molar-refractivity contribution in [3.63, 3.8) is 0 Å². The van der Waals surface area contributed by atoms with E-state index in [-0.39, 0.29) is 0 Å². The highest BCUT2D eigenvalue weighted by atomic mass is 16.4. The number of likely N-dealkylation sites (tertiary alicyclic amines) is 1. The summed E-state index contributed by atoms with van der Waals surface area (Å²) in [6.07, 6.45) is 9.16. The number of hydrogen-bond donors (Lipinski definition) is 0. The van der Waals surface area contributed by atoms with E-state index in [0.29, 0.717) is 36.2 Å². The molecule has 0 aromatic carbocycles. The van der Waals surface area contributed by atoms with Crippen LogP contribution in [0.25, 0.3) is 0 Å². The van der Waals surface area contributed by atoms with Crippen molar-refractivity contribution < 1.29 is 9.21 Å². The smallest absolute Gasteiger partial charge is 0.317 e. The first-order valence-electron chi connectivity index (χ1n) is 9.04. The van der Waals surface area contributed by atoms with Crippen LogP contribution in [0.1, 0.15) is 63.2 Å². The maximum absolute atomic E-state index is 12.3. The number of amides is 1. The SMILES string of the molecule is CN(C[C@H]1CC(=O)N(C2CCCC2)C1)c1nnc(C2CCC2)o1. The Bertz CT molecular complexity index is 563. The van der Waals surface area contributed by atoms with Gasteiger partial charge in [-0.1, -0.05) is 24.4 Å². The van der Waals surface area contributed by atoms with Crippen molar-refractivity contribution in [3.05, 3.63) is 5.89 Å². The molecule has 2 saturated carbocycles. The molecule has 0 spiro atoms. The van der Waals surface area contributed by atoms with E-state index in [1.54, 1.807) is 0 Å². The lowest BCUT2D eigenvalue weighted by Gasteiger charge is -2.25. The molecule has 1 aliphatic heterocycles. The third-order valence-corrected chi connectivity index (χ3v) is 5.75. The summed E-state index contributed by atoms with van der Waals surface area (Å²) in [7, 11) is 1.99. The summed E-state index contributed by atoms with van der Waals surface area (Å²) in [5.74, 6) is 1.95. The van der Waals surface area contributed by atoms with Crippen LogP contribution >= 0.6 is 0 Å². The monoisotopic (exact) mass is 318 g/mol. The summed E-state index contributed by atoms with van der Waals surface area (Å²) in [5.41, 5.74) is 0. The number of hydrogen-bond acceptors (Lipinski definition) is 5. The third kappa shape index (κ3) is 2.95. The Kier molecular flexibility index (Phi) is 3.99. The van der Waals surface area contributed by atoms with E-state index in [0.717, 1.165) is 19.0 Å². The van der Waals surface area contributed by atoms with Gasteiger partial charge in [0.05, 0.1) is 0 Å². The molecule has 126 valence electrons. The molecule has 4 rings (SSSR count). The average molecular weight is 318 g/mol. The van der Waals surface area contributed by atoms with E-state index in [2.05, 4.69) is 15.1 Å². The van der Waals surface area contributed by atoms with Gasteiger partial charge in [0.2, 0.25) is 11.8 Å². The van der Waals surface area contributed by atoms with Crippen LogP contribution in [0, 0.1) is 5.92 Å². The highest BCUT2D eigenvalue weighted by Gasteiger charge is 2.36. The zero-order valence-corrected chi connectivity index (χ0v) is 13.9. The maximum Gasteiger partial charge on any atom is 0.317 e. The standard InChI is InChI=1S/C17H26N4O2/c1-20(17-19-18-16(23-17)13-5-4-6-13)10-12-9-15(22)21(11-12)14-7-2-3-8-14/h12-14H,2-11H2,1H3/t12-/m1/s1. The molecule has 23 heavy (non-hydrogen) atoms. The molecule has 0 unspecified atom stereocenters. The van der Waals surface area contributed by atoms with Gasteiger partial charge in [0, 0.05) is 44.4 Å². The fourth-order valence-electron chi connectivity index (χ4n) is 4.17. The second-order valence-electron chi connectivity index (χ2n) is 7.49. The molecule has 0 radical (unpaired) electrons. The quantitative estimate of drug-likeness (QED) is 0.835. The van der Waals surface area contributed by atoms with Crippen molar-refractivity contribution in [2.45, 2.75) is 63.3 Å². The molecule has 1 atom stereocenters. The van der Waals surface area contributed by atoms with Gasteiger partial charge in [0.25, 0.3) is 0 Å². The van der Waals surface area contributed by atoms with Crippen molar-refractivity contribution in [1.29, 1.82) is 0 Å². The molecule has 1 aromatic heterocycles. The summed E-state index contributed by atoms with van der Waals surface area (Å²) in [6.45, 7) is 1.69. The summed E-state index contributed by atoms with van der Waals surface area (Å²) in [4.78, 5) is 16.4. The fourth-order valence-corrected chi connectivity index (χ4v) is 4.17. The van der Waals surface area contributed by atoms with Gasteiger partial charge in [-0.05, 0) is 25.7 Å². The minimum Gasteiger partial charge on any atom is -0.408 e. The number of aromatic nitrogens is 2. The Hall–Kier alpha value is -1.59. The molecule has 0 bridgehead atoms. The second-order valence-corrected chi connectivity index (χ2v) is 7.49. The first-order valence-corrected chi connectivity index (χ1v) is 9.04. The zero-order valence-electron chi connectivity index (χ0n) is 13.9. The molecule has 0 N–H and O–H groups in total. The van der Waals surface area contributed by atoms with Gasteiger partial charge < -0.3 is 14.2 Å². The van der Waals surface area contributed by atoms with Crippen LogP contribution in [-0.4, -0.2) is 47.2 Å². The highest BCUT2D eigenvalue weighted by Crippen LogP contribution is 2.36. The Labute approximate surface area is 137 Å². The topological polar surface area (TPSA) is 62.5 Å². The number of carbonyl (C=O) groups excluding carboxylic acids is 1. The number of nitrogens with zero attached hydrogens (tertiary/aromatic N) is 4. The van der Waals surface area contributed by atoms with E-state index < -0.39 is 0 Å². The Balaban J connectivity index is 1.34. The number of anilines is 1. The second kappa shape index (κ2) is 6.13. The van der Waals surface area contributed by atoms with E-state index in [9.17, 15) is 4.79 Å². The van der Waals surface area contributed by atoms with Crippen molar-refractivity contribution >= 4 is 11.9 Å². The summed E-state index contributed by atoms with van der Waals surface area (Å²) in [6, 6.07) is 1.09. The van der Waals surface area contributed by atoms with Crippen LogP contribution in [0.2, 0.25) is 0 Å². The molecular weight excluding hydrogens is 292 g/mol. The van der Waals surface area contributed by atoms with Crippen molar-refractivity contribution in [2.24, 2.45) is 5.92 Å². The molecule has 1 aromatic rings. The maximum atomic E-state index is 12.3. The third-order valence-electron chi connectivity index (χ3n) is 5.75. The summed E-state index contributed by atoms with van der Waals surface area (Å²) in [5, 5.41) is 8.38. The largest absolute Gasteiger partial charge is 0.408 e. The summed E-state index contributed by atoms with van der Waals surface area (Å²) < 4.78 is 5.82. The Morgan fingerprint density at radius 3 is 2.65 bits per heavy atom. The molecular formula is C17H26N4O2.